The van der Waals surface area contributed by atoms with Crippen LogP contribution in [0.1, 0.15) is 37.3 Å². The van der Waals surface area contributed by atoms with E-state index >= 15 is 0 Å². The lowest BCUT2D eigenvalue weighted by Gasteiger charge is -2.37. The second-order valence-electron chi connectivity index (χ2n) is 10.3. The number of amides is 1. The van der Waals surface area contributed by atoms with Crippen molar-refractivity contribution in [1.82, 2.24) is 35.2 Å². The standard InChI is InChI=1S/C29H30Cl2N8O2/c30-20-8-9-25(39-17-27(31)35-36-39)22(14-20)23-15-28(40)38(18-34-23)24-7-2-1-3-10-33-29(41)26-16-32-11-12-37(26)21-6-4-5-19(24)13-21/h4-6,8-9,13-15,17-18,24,26,32H,1-3,7,10-12,16H2,(H,33,41)/t24-,26-/m0/s1. The number of nitrogens with one attached hydrogen (secondary N) is 2. The van der Waals surface area contributed by atoms with Crippen LogP contribution in [0.2, 0.25) is 10.2 Å². The normalized spacial score (nSPS) is 19.9. The number of benzene rings is 2. The molecule has 10 nitrogen and oxygen atoms in total. The molecule has 4 aromatic rings. The molecule has 1 fully saturated rings. The Hall–Kier alpha value is -3.73. The molecule has 6 rings (SSSR count). The van der Waals surface area contributed by atoms with Crippen LogP contribution in [-0.4, -0.2) is 62.7 Å². The fourth-order valence-corrected chi connectivity index (χ4v) is 5.96. The highest BCUT2D eigenvalue weighted by molar-refractivity contribution is 6.31. The molecule has 0 spiro atoms. The van der Waals surface area contributed by atoms with E-state index in [1.165, 1.54) is 10.7 Å². The van der Waals surface area contributed by atoms with Crippen molar-refractivity contribution in [3.8, 4) is 16.9 Å². The van der Waals surface area contributed by atoms with Gasteiger partial charge in [0.15, 0.2) is 5.15 Å². The van der Waals surface area contributed by atoms with Crippen molar-refractivity contribution in [2.75, 3.05) is 31.1 Å². The van der Waals surface area contributed by atoms with Crippen LogP contribution in [0.4, 0.5) is 5.69 Å². The van der Waals surface area contributed by atoms with Crippen molar-refractivity contribution >= 4 is 34.8 Å². The summed E-state index contributed by atoms with van der Waals surface area (Å²) < 4.78 is 3.24. The smallest absolute Gasteiger partial charge is 0.254 e. The van der Waals surface area contributed by atoms with Gasteiger partial charge in [0.2, 0.25) is 5.91 Å². The number of nitrogens with zero attached hydrogens (tertiary/aromatic N) is 6. The molecule has 2 aromatic heterocycles. The van der Waals surface area contributed by atoms with Crippen LogP contribution in [0.3, 0.4) is 0 Å². The van der Waals surface area contributed by atoms with Gasteiger partial charge in [0.05, 0.1) is 29.9 Å². The lowest BCUT2D eigenvalue weighted by molar-refractivity contribution is -0.122. The van der Waals surface area contributed by atoms with Gasteiger partial charge in [-0.25, -0.2) is 9.67 Å². The van der Waals surface area contributed by atoms with Gasteiger partial charge in [-0.05, 0) is 48.7 Å². The minimum atomic E-state index is -0.284. The predicted octanol–water partition coefficient (Wildman–Crippen LogP) is 3.86. The lowest BCUT2D eigenvalue weighted by Crippen LogP contribution is -2.58. The third-order valence-corrected chi connectivity index (χ3v) is 8.11. The minimum absolute atomic E-state index is 0.0444. The molecular weight excluding hydrogens is 563 g/mol. The minimum Gasteiger partial charge on any atom is -0.357 e. The highest BCUT2D eigenvalue weighted by atomic mass is 35.5. The molecule has 1 amide bonds. The average molecular weight is 594 g/mol. The van der Waals surface area contributed by atoms with Crippen LogP contribution in [-0.2, 0) is 4.79 Å². The van der Waals surface area contributed by atoms with Gasteiger partial charge in [-0.1, -0.05) is 53.4 Å². The number of carbonyl (C=O) groups is 1. The zero-order valence-corrected chi connectivity index (χ0v) is 23.9. The van der Waals surface area contributed by atoms with E-state index in [9.17, 15) is 9.59 Å². The molecule has 0 radical (unpaired) electrons. The summed E-state index contributed by atoms with van der Waals surface area (Å²) >= 11 is 12.3. The van der Waals surface area contributed by atoms with Crippen LogP contribution in [0.5, 0.6) is 0 Å². The zero-order valence-electron chi connectivity index (χ0n) is 22.3. The Bertz CT molecular complexity index is 1620. The van der Waals surface area contributed by atoms with Crippen molar-refractivity contribution in [2.24, 2.45) is 0 Å². The maximum absolute atomic E-state index is 13.7. The molecule has 1 saturated heterocycles. The number of rotatable bonds is 3. The fourth-order valence-electron chi connectivity index (χ4n) is 5.66. The van der Waals surface area contributed by atoms with Crippen molar-refractivity contribution in [3.05, 3.63) is 87.1 Å². The van der Waals surface area contributed by atoms with Crippen LogP contribution < -0.4 is 21.1 Å². The molecule has 2 aromatic carbocycles. The third-order valence-electron chi connectivity index (χ3n) is 7.70. The summed E-state index contributed by atoms with van der Waals surface area (Å²) in [6, 6.07) is 14.5. The van der Waals surface area contributed by atoms with Gasteiger partial charge >= 0.3 is 0 Å². The second-order valence-corrected chi connectivity index (χ2v) is 11.2. The van der Waals surface area contributed by atoms with Crippen molar-refractivity contribution < 1.29 is 4.79 Å². The molecule has 2 atom stereocenters. The Balaban J connectivity index is 1.38. The molecule has 212 valence electrons. The summed E-state index contributed by atoms with van der Waals surface area (Å²) in [6.45, 7) is 2.76. The number of carbonyl (C=O) groups excluding carboxylic acids is 1. The zero-order chi connectivity index (χ0) is 28.3. The summed E-state index contributed by atoms with van der Waals surface area (Å²) in [5.41, 5.74) is 3.58. The SMILES string of the molecule is O=C1NCCCCC[C@H](n2cnc(-c3cc(Cl)ccc3-n3cc(Cl)nn3)cc2=O)c2cccc(c2)N2CCNC[C@@H]12. The molecule has 41 heavy (non-hydrogen) atoms. The average Bonchev–Trinajstić information content (AvgIpc) is 3.42. The Kier molecular flexibility index (Phi) is 8.04. The van der Waals surface area contributed by atoms with Gasteiger partial charge in [0.25, 0.3) is 5.56 Å². The molecule has 2 N–H and O–H groups in total. The van der Waals surface area contributed by atoms with E-state index in [-0.39, 0.29) is 28.7 Å². The number of aromatic nitrogens is 5. The summed E-state index contributed by atoms with van der Waals surface area (Å²) in [4.78, 5) is 33.6. The van der Waals surface area contributed by atoms with Crippen LogP contribution in [0.15, 0.2) is 65.8 Å². The van der Waals surface area contributed by atoms with Gasteiger partial charge in [0, 0.05) is 48.5 Å². The van der Waals surface area contributed by atoms with Gasteiger partial charge in [-0.2, -0.15) is 0 Å². The molecule has 12 heteroatoms. The maximum Gasteiger partial charge on any atom is 0.254 e. The first-order valence-corrected chi connectivity index (χ1v) is 14.5. The van der Waals surface area contributed by atoms with Gasteiger partial charge in [-0.3, -0.25) is 14.2 Å². The molecule has 2 aliphatic rings. The highest BCUT2D eigenvalue weighted by Crippen LogP contribution is 2.31. The Morgan fingerprint density at radius 1 is 0.951 bits per heavy atom. The highest BCUT2D eigenvalue weighted by Gasteiger charge is 2.29. The molecule has 0 unspecified atom stereocenters. The van der Waals surface area contributed by atoms with E-state index in [1.807, 2.05) is 12.1 Å². The molecular formula is C29H30Cl2N8O2. The Morgan fingerprint density at radius 2 is 1.85 bits per heavy atom. The summed E-state index contributed by atoms with van der Waals surface area (Å²) in [6.07, 6.45) is 6.69. The number of anilines is 1. The number of fused-ring (bicyclic) bond motifs is 4. The number of halogens is 2. The van der Waals surface area contributed by atoms with Crippen LogP contribution >= 0.6 is 23.2 Å². The summed E-state index contributed by atoms with van der Waals surface area (Å²) in [7, 11) is 0. The van der Waals surface area contributed by atoms with E-state index in [1.54, 1.807) is 35.3 Å². The first-order valence-electron chi connectivity index (χ1n) is 13.8. The van der Waals surface area contributed by atoms with E-state index in [0.29, 0.717) is 35.1 Å². The first kappa shape index (κ1) is 27.4. The molecule has 0 aliphatic carbocycles. The number of hydrogen-bond acceptors (Lipinski definition) is 7. The first-order chi connectivity index (χ1) is 20.0. The Morgan fingerprint density at radius 3 is 2.68 bits per heavy atom. The van der Waals surface area contributed by atoms with E-state index in [0.717, 1.165) is 50.0 Å². The molecule has 0 saturated carbocycles. The van der Waals surface area contributed by atoms with Crippen molar-refractivity contribution in [1.29, 1.82) is 0 Å². The second kappa shape index (κ2) is 12.0. The van der Waals surface area contributed by atoms with Gasteiger partial charge < -0.3 is 15.5 Å². The third kappa shape index (κ3) is 5.86. The number of hydrogen-bond donors (Lipinski definition) is 2. The number of piperazine rings is 1. The molecule has 4 heterocycles. The van der Waals surface area contributed by atoms with Crippen molar-refractivity contribution in [3.63, 3.8) is 0 Å². The predicted molar refractivity (Wildman–Crippen MR) is 159 cm³/mol. The van der Waals surface area contributed by atoms with E-state index in [4.69, 9.17) is 28.2 Å². The van der Waals surface area contributed by atoms with E-state index < -0.39 is 0 Å². The van der Waals surface area contributed by atoms with Crippen LogP contribution in [0.25, 0.3) is 16.9 Å². The Labute approximate surface area is 247 Å². The van der Waals surface area contributed by atoms with Gasteiger partial charge in [0.1, 0.15) is 6.04 Å². The summed E-state index contributed by atoms with van der Waals surface area (Å²) in [5, 5.41) is 15.1. The van der Waals surface area contributed by atoms with Gasteiger partial charge in [-0.15, -0.1) is 5.10 Å². The largest absolute Gasteiger partial charge is 0.357 e. The molecule has 2 bridgehead atoms. The quantitative estimate of drug-likeness (QED) is 0.372. The monoisotopic (exact) mass is 592 g/mol. The fraction of sp³-hybridized carbons (Fsp3) is 0.345. The van der Waals surface area contributed by atoms with E-state index in [2.05, 4.69) is 38.0 Å². The van der Waals surface area contributed by atoms with Crippen molar-refractivity contribution in [2.45, 2.75) is 37.8 Å². The van der Waals surface area contributed by atoms with Crippen LogP contribution in [0, 0.1) is 0 Å². The lowest BCUT2D eigenvalue weighted by atomic mass is 9.98. The molecule has 2 aliphatic heterocycles. The summed E-state index contributed by atoms with van der Waals surface area (Å²) in [5.74, 6) is 0.0444. The topological polar surface area (TPSA) is 110 Å². The maximum atomic E-state index is 13.7.